The molecule has 0 radical (unpaired) electrons. The Hall–Kier alpha value is -3.19. The van der Waals surface area contributed by atoms with E-state index in [1.165, 1.54) is 0 Å². The van der Waals surface area contributed by atoms with Gasteiger partial charge < -0.3 is 20.1 Å². The number of amides is 1. The molecule has 2 aromatic carbocycles. The lowest BCUT2D eigenvalue weighted by molar-refractivity contribution is 0.0948. The molecule has 0 fully saturated rings. The number of rotatable bonds is 8. The van der Waals surface area contributed by atoms with Gasteiger partial charge in [0, 0.05) is 37.4 Å². The first-order valence-electron chi connectivity index (χ1n) is 9.07. The van der Waals surface area contributed by atoms with Gasteiger partial charge in [0.15, 0.2) is 0 Å². The van der Waals surface area contributed by atoms with Crippen LogP contribution in [-0.2, 0) is 4.74 Å². The molecule has 7 heteroatoms. The van der Waals surface area contributed by atoms with Gasteiger partial charge in [-0.3, -0.25) is 4.79 Å². The third-order valence-electron chi connectivity index (χ3n) is 4.33. The molecule has 0 atom stereocenters. The first-order valence-corrected chi connectivity index (χ1v) is 9.07. The van der Waals surface area contributed by atoms with E-state index < -0.39 is 0 Å². The molecule has 7 nitrogen and oxygen atoms in total. The number of methoxy groups -OCH3 is 2. The van der Waals surface area contributed by atoms with E-state index in [1.807, 2.05) is 25.1 Å². The SMILES string of the molecule is COCCCNC(=O)c1ccc(Nc2ncc3cccc(C)c3n2)c(OC)c1. The van der Waals surface area contributed by atoms with Crippen molar-refractivity contribution >= 4 is 28.4 Å². The second-order valence-electron chi connectivity index (χ2n) is 6.35. The van der Waals surface area contributed by atoms with Gasteiger partial charge >= 0.3 is 0 Å². The molecule has 2 N–H and O–H groups in total. The van der Waals surface area contributed by atoms with Crippen molar-refractivity contribution in [2.24, 2.45) is 0 Å². The first-order chi connectivity index (χ1) is 13.6. The van der Waals surface area contributed by atoms with E-state index in [2.05, 4.69) is 20.6 Å². The fraction of sp³-hybridized carbons (Fsp3) is 0.286. The smallest absolute Gasteiger partial charge is 0.251 e. The Balaban J connectivity index is 1.77. The topological polar surface area (TPSA) is 85.4 Å². The molecule has 146 valence electrons. The van der Waals surface area contributed by atoms with Crippen molar-refractivity contribution in [2.45, 2.75) is 13.3 Å². The number of nitrogens with zero attached hydrogens (tertiary/aromatic N) is 2. The van der Waals surface area contributed by atoms with Crippen molar-refractivity contribution in [2.75, 3.05) is 32.7 Å². The Morgan fingerprint density at radius 2 is 2.04 bits per heavy atom. The Labute approximate surface area is 164 Å². The van der Waals surface area contributed by atoms with E-state index in [0.29, 0.717) is 36.1 Å². The lowest BCUT2D eigenvalue weighted by Crippen LogP contribution is -2.25. The lowest BCUT2D eigenvalue weighted by Gasteiger charge is -2.12. The van der Waals surface area contributed by atoms with Crippen LogP contribution < -0.4 is 15.4 Å². The third-order valence-corrected chi connectivity index (χ3v) is 4.33. The number of hydrogen-bond donors (Lipinski definition) is 2. The van der Waals surface area contributed by atoms with Gasteiger partial charge in [-0.05, 0) is 37.1 Å². The number of ether oxygens (including phenoxy) is 2. The van der Waals surface area contributed by atoms with Crippen molar-refractivity contribution in [3.8, 4) is 5.75 Å². The second-order valence-corrected chi connectivity index (χ2v) is 6.35. The zero-order chi connectivity index (χ0) is 19.9. The highest BCUT2D eigenvalue weighted by Gasteiger charge is 2.11. The molecule has 0 aliphatic rings. The Morgan fingerprint density at radius 1 is 1.18 bits per heavy atom. The minimum atomic E-state index is -0.154. The van der Waals surface area contributed by atoms with E-state index in [-0.39, 0.29) is 5.91 Å². The Bertz CT molecular complexity index is 975. The van der Waals surface area contributed by atoms with E-state index in [9.17, 15) is 4.79 Å². The summed E-state index contributed by atoms with van der Waals surface area (Å²) >= 11 is 0. The summed E-state index contributed by atoms with van der Waals surface area (Å²) in [5.41, 5.74) is 3.18. The highest BCUT2D eigenvalue weighted by Crippen LogP contribution is 2.28. The number of aromatic nitrogens is 2. The number of benzene rings is 2. The molecule has 1 heterocycles. The van der Waals surface area contributed by atoms with Gasteiger partial charge in [0.1, 0.15) is 5.75 Å². The van der Waals surface area contributed by atoms with Crippen LogP contribution in [0.2, 0.25) is 0 Å². The fourth-order valence-corrected chi connectivity index (χ4v) is 2.84. The summed E-state index contributed by atoms with van der Waals surface area (Å²) in [5.74, 6) is 0.855. The van der Waals surface area contributed by atoms with Gasteiger partial charge in [-0.1, -0.05) is 18.2 Å². The highest BCUT2D eigenvalue weighted by molar-refractivity contribution is 5.95. The molecular weight excluding hydrogens is 356 g/mol. The van der Waals surface area contributed by atoms with Gasteiger partial charge in [-0.15, -0.1) is 0 Å². The van der Waals surface area contributed by atoms with Crippen LogP contribution in [0.4, 0.5) is 11.6 Å². The summed E-state index contributed by atoms with van der Waals surface area (Å²) < 4.78 is 10.4. The minimum Gasteiger partial charge on any atom is -0.495 e. The summed E-state index contributed by atoms with van der Waals surface area (Å²) in [4.78, 5) is 21.2. The molecule has 0 aliphatic carbocycles. The summed E-state index contributed by atoms with van der Waals surface area (Å²) in [6.45, 7) is 3.18. The summed E-state index contributed by atoms with van der Waals surface area (Å²) in [6, 6.07) is 11.2. The van der Waals surface area contributed by atoms with Gasteiger partial charge in [0.25, 0.3) is 5.91 Å². The van der Waals surface area contributed by atoms with Crippen LogP contribution in [-0.4, -0.2) is 43.2 Å². The average molecular weight is 380 g/mol. The number of aryl methyl sites for hydroxylation is 1. The van der Waals surface area contributed by atoms with Gasteiger partial charge in [0.2, 0.25) is 5.95 Å². The maximum Gasteiger partial charge on any atom is 0.251 e. The maximum atomic E-state index is 12.3. The largest absolute Gasteiger partial charge is 0.495 e. The predicted molar refractivity (Wildman–Crippen MR) is 109 cm³/mol. The van der Waals surface area contributed by atoms with Crippen molar-refractivity contribution in [3.05, 3.63) is 53.7 Å². The number of fused-ring (bicyclic) bond motifs is 1. The van der Waals surface area contributed by atoms with Gasteiger partial charge in [-0.25, -0.2) is 9.97 Å². The Morgan fingerprint density at radius 3 is 2.82 bits per heavy atom. The van der Waals surface area contributed by atoms with Crippen molar-refractivity contribution in [1.29, 1.82) is 0 Å². The molecule has 28 heavy (non-hydrogen) atoms. The summed E-state index contributed by atoms with van der Waals surface area (Å²) in [6.07, 6.45) is 2.55. The summed E-state index contributed by atoms with van der Waals surface area (Å²) in [7, 11) is 3.20. The van der Waals surface area contributed by atoms with Crippen molar-refractivity contribution in [1.82, 2.24) is 15.3 Å². The van der Waals surface area contributed by atoms with Crippen molar-refractivity contribution < 1.29 is 14.3 Å². The first kappa shape index (κ1) is 19.6. The van der Waals surface area contributed by atoms with Crippen LogP contribution in [0.3, 0.4) is 0 Å². The van der Waals surface area contributed by atoms with Crippen LogP contribution in [0.5, 0.6) is 5.75 Å². The van der Waals surface area contributed by atoms with Crippen LogP contribution in [0.25, 0.3) is 10.9 Å². The molecule has 0 spiro atoms. The third kappa shape index (κ3) is 4.55. The molecule has 0 bridgehead atoms. The van der Waals surface area contributed by atoms with E-state index in [4.69, 9.17) is 9.47 Å². The average Bonchev–Trinajstić information content (AvgIpc) is 2.72. The molecule has 1 amide bonds. The maximum absolute atomic E-state index is 12.3. The molecule has 0 saturated carbocycles. The summed E-state index contributed by atoms with van der Waals surface area (Å²) in [5, 5.41) is 7.02. The number of nitrogens with one attached hydrogen (secondary N) is 2. The number of carbonyl (C=O) groups is 1. The standard InChI is InChI=1S/C21H24N4O3/c1-14-6-4-7-16-13-23-21(25-19(14)16)24-17-9-8-15(12-18(17)28-3)20(26)22-10-5-11-27-2/h4,6-9,12-13H,5,10-11H2,1-3H3,(H,22,26)(H,23,24,25). The zero-order valence-corrected chi connectivity index (χ0v) is 16.3. The fourth-order valence-electron chi connectivity index (χ4n) is 2.84. The second kappa shape index (κ2) is 9.14. The van der Waals surface area contributed by atoms with E-state index >= 15 is 0 Å². The van der Waals surface area contributed by atoms with Crippen LogP contribution in [0, 0.1) is 6.92 Å². The van der Waals surface area contributed by atoms with Crippen molar-refractivity contribution in [3.63, 3.8) is 0 Å². The van der Waals surface area contributed by atoms with Crippen LogP contribution in [0.1, 0.15) is 22.3 Å². The number of para-hydroxylation sites is 1. The lowest BCUT2D eigenvalue weighted by atomic mass is 10.1. The minimum absolute atomic E-state index is 0.154. The molecule has 0 unspecified atom stereocenters. The van der Waals surface area contributed by atoms with Gasteiger partial charge in [-0.2, -0.15) is 0 Å². The quantitative estimate of drug-likeness (QED) is 0.582. The molecule has 3 rings (SSSR count). The number of anilines is 2. The molecule has 3 aromatic rings. The van der Waals surface area contributed by atoms with Crippen LogP contribution >= 0.6 is 0 Å². The number of carbonyl (C=O) groups excluding carboxylic acids is 1. The predicted octanol–water partition coefficient (Wildman–Crippen LogP) is 3.46. The normalized spacial score (nSPS) is 10.7. The van der Waals surface area contributed by atoms with Gasteiger partial charge in [0.05, 0.1) is 18.3 Å². The van der Waals surface area contributed by atoms with E-state index in [0.717, 1.165) is 22.9 Å². The monoisotopic (exact) mass is 380 g/mol. The Kier molecular flexibility index (Phi) is 6.39. The number of hydrogen-bond acceptors (Lipinski definition) is 6. The van der Waals surface area contributed by atoms with E-state index in [1.54, 1.807) is 38.6 Å². The zero-order valence-electron chi connectivity index (χ0n) is 16.3. The molecule has 0 aliphatic heterocycles. The molecular formula is C21H24N4O3. The molecule has 1 aromatic heterocycles. The van der Waals surface area contributed by atoms with Crippen LogP contribution in [0.15, 0.2) is 42.6 Å². The highest BCUT2D eigenvalue weighted by atomic mass is 16.5. The molecule has 0 saturated heterocycles.